The Morgan fingerprint density at radius 2 is 1.88 bits per heavy atom. The normalized spacial score (nSPS) is 53.8. The van der Waals surface area contributed by atoms with Crippen molar-refractivity contribution >= 4 is 0 Å². The largest absolute Gasteiger partial charge is 0.352 e. The Morgan fingerprint density at radius 1 is 1.08 bits per heavy atom. The maximum absolute atomic E-state index is 6.36. The minimum atomic E-state index is -0.708. The second-order valence-electron chi connectivity index (χ2n) is 9.00. The van der Waals surface area contributed by atoms with Crippen molar-refractivity contribution in [1.82, 2.24) is 0 Å². The van der Waals surface area contributed by atoms with Crippen LogP contribution in [0.4, 0.5) is 0 Å². The predicted molar refractivity (Wildman–Crippen MR) is 87.6 cm³/mol. The maximum Gasteiger partial charge on any atom is 0.201 e. The summed E-state index contributed by atoms with van der Waals surface area (Å²) in [5.74, 6) is 1.40. The molecule has 4 aliphatic heterocycles. The van der Waals surface area contributed by atoms with Crippen LogP contribution in [0.2, 0.25) is 0 Å². The van der Waals surface area contributed by atoms with E-state index in [2.05, 4.69) is 27.7 Å². The Balaban J connectivity index is 1.67. The van der Waals surface area contributed by atoms with Crippen LogP contribution in [0.15, 0.2) is 0 Å². The maximum atomic E-state index is 6.36. The van der Waals surface area contributed by atoms with Crippen molar-refractivity contribution in [3.05, 3.63) is 0 Å². The van der Waals surface area contributed by atoms with Crippen LogP contribution in [-0.2, 0) is 24.0 Å². The van der Waals surface area contributed by atoms with Gasteiger partial charge in [-0.05, 0) is 43.9 Å². The van der Waals surface area contributed by atoms with Crippen molar-refractivity contribution < 1.29 is 24.0 Å². The van der Waals surface area contributed by atoms with Gasteiger partial charge in [0.05, 0.1) is 6.61 Å². The van der Waals surface area contributed by atoms with Crippen LogP contribution in [-0.4, -0.2) is 30.6 Å². The predicted octanol–water partition coefficient (Wildman–Crippen LogP) is 3.87. The highest BCUT2D eigenvalue weighted by molar-refractivity contribution is 5.09. The highest BCUT2D eigenvalue weighted by atomic mass is 17.3. The van der Waals surface area contributed by atoms with E-state index >= 15 is 0 Å². The number of ether oxygens (including phenoxy) is 3. The third kappa shape index (κ3) is 2.47. The average molecular weight is 340 g/mol. The zero-order valence-electron chi connectivity index (χ0n) is 15.6. The van der Waals surface area contributed by atoms with E-state index < -0.39 is 17.7 Å². The van der Waals surface area contributed by atoms with Crippen LogP contribution in [0, 0.1) is 29.6 Å². The monoisotopic (exact) mass is 340 g/mol. The lowest BCUT2D eigenvalue weighted by Gasteiger charge is -2.60. The Morgan fingerprint density at radius 3 is 2.62 bits per heavy atom. The zero-order valence-corrected chi connectivity index (χ0v) is 15.6. The molecule has 0 N–H and O–H groups in total. The van der Waals surface area contributed by atoms with Gasteiger partial charge in [0.2, 0.25) is 5.79 Å². The first-order chi connectivity index (χ1) is 11.4. The topological polar surface area (TPSA) is 46.2 Å². The molecule has 1 spiro atoms. The van der Waals surface area contributed by atoms with Gasteiger partial charge in [0.25, 0.3) is 0 Å². The lowest BCUT2D eigenvalue weighted by Crippen LogP contribution is -2.70. The zero-order chi connectivity index (χ0) is 17.1. The molecule has 0 radical (unpaired) electrons. The van der Waals surface area contributed by atoms with Crippen molar-refractivity contribution in [2.45, 2.75) is 84.3 Å². The van der Waals surface area contributed by atoms with Crippen molar-refractivity contribution in [1.29, 1.82) is 0 Å². The Kier molecular flexibility index (Phi) is 4.25. The van der Waals surface area contributed by atoms with Crippen molar-refractivity contribution in [3.8, 4) is 0 Å². The lowest BCUT2D eigenvalue weighted by atomic mass is 9.58. The number of hydrogen-bond donors (Lipinski definition) is 0. The van der Waals surface area contributed by atoms with Crippen molar-refractivity contribution in [3.63, 3.8) is 0 Å². The van der Waals surface area contributed by atoms with Gasteiger partial charge < -0.3 is 14.2 Å². The first-order valence-corrected chi connectivity index (χ1v) is 9.67. The van der Waals surface area contributed by atoms with E-state index in [0.29, 0.717) is 30.3 Å². The van der Waals surface area contributed by atoms with E-state index in [0.717, 1.165) is 19.3 Å². The van der Waals surface area contributed by atoms with Gasteiger partial charge in [-0.2, -0.15) is 0 Å². The van der Waals surface area contributed by atoms with Crippen LogP contribution in [0.25, 0.3) is 0 Å². The van der Waals surface area contributed by atoms with Gasteiger partial charge in [-0.25, -0.2) is 9.78 Å². The molecule has 2 bridgehead atoms. The van der Waals surface area contributed by atoms with Gasteiger partial charge in [-0.1, -0.05) is 27.7 Å². The molecule has 5 fully saturated rings. The fourth-order valence-electron chi connectivity index (χ4n) is 5.35. The Bertz CT molecular complexity index is 482. The number of rotatable bonds is 3. The molecule has 0 aromatic rings. The van der Waals surface area contributed by atoms with Gasteiger partial charge >= 0.3 is 0 Å². The molecule has 24 heavy (non-hydrogen) atoms. The van der Waals surface area contributed by atoms with Crippen LogP contribution >= 0.6 is 0 Å². The highest BCUT2D eigenvalue weighted by Crippen LogP contribution is 2.60. The fourth-order valence-corrected chi connectivity index (χ4v) is 5.35. The van der Waals surface area contributed by atoms with Gasteiger partial charge in [0.15, 0.2) is 18.2 Å². The molecule has 5 heteroatoms. The lowest BCUT2D eigenvalue weighted by molar-refractivity contribution is -0.577. The minimum absolute atomic E-state index is 0.228. The molecule has 1 aliphatic carbocycles. The number of fused-ring (bicyclic) bond motifs is 2. The molecule has 5 aliphatic rings. The molecular formula is C19H32O5. The second-order valence-corrected chi connectivity index (χ2v) is 9.00. The molecule has 1 saturated carbocycles. The summed E-state index contributed by atoms with van der Waals surface area (Å²) in [6, 6.07) is 0. The molecule has 5 rings (SSSR count). The van der Waals surface area contributed by atoms with Crippen LogP contribution in [0.5, 0.6) is 0 Å². The molecule has 0 aromatic heterocycles. The summed E-state index contributed by atoms with van der Waals surface area (Å²) < 4.78 is 18.8. The second kappa shape index (κ2) is 5.92. The standard InChI is InChI=1S/C19H32O5/c1-11(2)10-20-16-13(4)15-7-6-12(3)14-8-9-18(5)22-17(21-16)19(14,15)24-23-18/h11-17H,6-10H2,1-5H3/t12-,13-,14+,15?,16+,17-,18+,19-/m1/s1. The first kappa shape index (κ1) is 17.2. The van der Waals surface area contributed by atoms with E-state index in [1.54, 1.807) is 0 Å². The third-order valence-electron chi connectivity index (χ3n) is 6.69. The Labute approximate surface area is 145 Å². The molecular weight excluding hydrogens is 308 g/mol. The quantitative estimate of drug-likeness (QED) is 0.730. The van der Waals surface area contributed by atoms with Crippen LogP contribution < -0.4 is 0 Å². The smallest absolute Gasteiger partial charge is 0.201 e. The Hall–Kier alpha value is -0.200. The third-order valence-corrected chi connectivity index (χ3v) is 6.69. The summed E-state index contributed by atoms with van der Waals surface area (Å²) in [5, 5.41) is 0. The van der Waals surface area contributed by atoms with E-state index in [9.17, 15) is 0 Å². The molecule has 8 atom stereocenters. The van der Waals surface area contributed by atoms with Gasteiger partial charge in [-0.3, -0.25) is 0 Å². The summed E-state index contributed by atoms with van der Waals surface area (Å²) in [6.07, 6.45) is 3.63. The van der Waals surface area contributed by atoms with Crippen molar-refractivity contribution in [2.24, 2.45) is 29.6 Å². The SMILES string of the molecule is CC(C)CO[C@H]1O[C@@H]2O[C@]3(C)CC[C@H]4[C@H](C)CCC([C@H]1C)[C@@]24OO3. The van der Waals surface area contributed by atoms with E-state index in [4.69, 9.17) is 24.0 Å². The van der Waals surface area contributed by atoms with E-state index in [-0.39, 0.29) is 12.2 Å². The average Bonchev–Trinajstić information content (AvgIpc) is 2.76. The van der Waals surface area contributed by atoms with E-state index in [1.165, 1.54) is 6.42 Å². The molecule has 0 aromatic carbocycles. The van der Waals surface area contributed by atoms with Crippen molar-refractivity contribution in [2.75, 3.05) is 6.61 Å². The number of hydrogen-bond acceptors (Lipinski definition) is 5. The van der Waals surface area contributed by atoms with Gasteiger partial charge in [-0.15, -0.1) is 0 Å². The molecule has 4 heterocycles. The van der Waals surface area contributed by atoms with Crippen LogP contribution in [0.3, 0.4) is 0 Å². The summed E-state index contributed by atoms with van der Waals surface area (Å²) in [6.45, 7) is 11.6. The summed E-state index contributed by atoms with van der Waals surface area (Å²) in [4.78, 5) is 11.9. The molecule has 5 nitrogen and oxygen atoms in total. The summed E-state index contributed by atoms with van der Waals surface area (Å²) in [7, 11) is 0. The van der Waals surface area contributed by atoms with Crippen LogP contribution in [0.1, 0.15) is 60.3 Å². The molecule has 138 valence electrons. The highest BCUT2D eigenvalue weighted by Gasteiger charge is 2.69. The molecule has 0 amide bonds. The minimum Gasteiger partial charge on any atom is -0.352 e. The first-order valence-electron chi connectivity index (χ1n) is 9.67. The van der Waals surface area contributed by atoms with E-state index in [1.807, 2.05) is 6.92 Å². The molecule has 1 unspecified atom stereocenters. The molecule has 4 saturated heterocycles. The van der Waals surface area contributed by atoms with Gasteiger partial charge in [0, 0.05) is 18.3 Å². The summed E-state index contributed by atoms with van der Waals surface area (Å²) in [5.41, 5.74) is -0.481. The fraction of sp³-hybridized carbons (Fsp3) is 1.00. The van der Waals surface area contributed by atoms with Gasteiger partial charge in [0.1, 0.15) is 0 Å². The summed E-state index contributed by atoms with van der Waals surface area (Å²) >= 11 is 0.